The summed E-state index contributed by atoms with van der Waals surface area (Å²) in [5.41, 5.74) is 1.54. The summed E-state index contributed by atoms with van der Waals surface area (Å²) in [5.74, 6) is 0.852. The fraction of sp³-hybridized carbons (Fsp3) is 0.250. The van der Waals surface area contributed by atoms with Gasteiger partial charge in [0.15, 0.2) is 14.9 Å². The highest BCUT2D eigenvalue weighted by Crippen LogP contribution is 2.27. The van der Waals surface area contributed by atoms with E-state index in [2.05, 4.69) is 15.6 Å². The Balaban J connectivity index is 1.50. The number of carbonyl (C=O) groups excluding carboxylic acids is 1. The number of urea groups is 1. The predicted octanol–water partition coefficient (Wildman–Crippen LogP) is 1.61. The largest absolute Gasteiger partial charge is 0.488 e. The molecule has 24 heavy (non-hydrogen) atoms. The number of benzene rings is 1. The van der Waals surface area contributed by atoms with Crippen LogP contribution in [0.2, 0.25) is 0 Å². The van der Waals surface area contributed by atoms with Gasteiger partial charge in [-0.1, -0.05) is 18.2 Å². The molecule has 8 heteroatoms. The molecule has 0 fully saturated rings. The van der Waals surface area contributed by atoms with E-state index in [-0.39, 0.29) is 11.1 Å². The summed E-state index contributed by atoms with van der Waals surface area (Å²) < 4.78 is 28.4. The third-order valence-electron chi connectivity index (χ3n) is 3.58. The van der Waals surface area contributed by atoms with Crippen molar-refractivity contribution in [1.82, 2.24) is 10.3 Å². The Morgan fingerprint density at radius 1 is 1.29 bits per heavy atom. The molecule has 3 rings (SSSR count). The number of hydrogen-bond acceptors (Lipinski definition) is 5. The van der Waals surface area contributed by atoms with Crippen molar-refractivity contribution in [1.29, 1.82) is 0 Å². The number of fused-ring (bicyclic) bond motifs is 1. The van der Waals surface area contributed by atoms with Crippen LogP contribution < -0.4 is 15.4 Å². The monoisotopic (exact) mass is 347 g/mol. The Morgan fingerprint density at radius 2 is 2.08 bits per heavy atom. The van der Waals surface area contributed by atoms with Gasteiger partial charge in [0.25, 0.3) is 0 Å². The lowest BCUT2D eigenvalue weighted by Crippen LogP contribution is -2.37. The third kappa shape index (κ3) is 3.83. The number of nitrogens with one attached hydrogen (secondary N) is 2. The topological polar surface area (TPSA) is 97.4 Å². The van der Waals surface area contributed by atoms with Crippen LogP contribution in [0.15, 0.2) is 47.6 Å². The van der Waals surface area contributed by atoms with E-state index in [1.54, 1.807) is 0 Å². The van der Waals surface area contributed by atoms with Crippen molar-refractivity contribution in [2.75, 3.05) is 18.1 Å². The van der Waals surface area contributed by atoms with Crippen LogP contribution in [0, 0.1) is 0 Å². The molecule has 0 radical (unpaired) electrons. The summed E-state index contributed by atoms with van der Waals surface area (Å²) in [6.07, 6.45) is 3.03. The second-order valence-corrected chi connectivity index (χ2v) is 7.51. The molecule has 0 saturated heterocycles. The summed E-state index contributed by atoms with van der Waals surface area (Å²) in [4.78, 5) is 15.7. The van der Waals surface area contributed by atoms with Gasteiger partial charge < -0.3 is 15.4 Å². The van der Waals surface area contributed by atoms with Gasteiger partial charge in [0, 0.05) is 12.7 Å². The molecule has 0 bridgehead atoms. The highest BCUT2D eigenvalue weighted by molar-refractivity contribution is 7.90. The van der Waals surface area contributed by atoms with Crippen LogP contribution in [0.25, 0.3) is 0 Å². The van der Waals surface area contributed by atoms with E-state index in [0.29, 0.717) is 12.2 Å². The van der Waals surface area contributed by atoms with Crippen LogP contribution in [0.5, 0.6) is 5.75 Å². The summed E-state index contributed by atoms with van der Waals surface area (Å²) in [5, 5.41) is 5.30. The minimum absolute atomic E-state index is 0.0365. The molecule has 2 N–H and O–H groups in total. The number of amides is 2. The molecule has 7 nitrogen and oxygen atoms in total. The molecule has 2 aromatic rings. The van der Waals surface area contributed by atoms with Gasteiger partial charge in [-0.15, -0.1) is 0 Å². The maximum Gasteiger partial charge on any atom is 0.319 e. The van der Waals surface area contributed by atoms with Crippen molar-refractivity contribution in [2.24, 2.45) is 0 Å². The molecule has 1 atom stereocenters. The van der Waals surface area contributed by atoms with E-state index in [1.165, 1.54) is 18.3 Å². The van der Waals surface area contributed by atoms with E-state index < -0.39 is 15.9 Å². The van der Waals surface area contributed by atoms with Gasteiger partial charge in [-0.3, -0.25) is 0 Å². The number of aromatic nitrogens is 1. The van der Waals surface area contributed by atoms with Crippen LogP contribution >= 0.6 is 0 Å². The number of sulfone groups is 1. The zero-order valence-corrected chi connectivity index (χ0v) is 13.8. The molecule has 1 aliphatic rings. The first kappa shape index (κ1) is 16.3. The summed E-state index contributed by atoms with van der Waals surface area (Å²) in [6.45, 7) is 0.370. The maximum atomic E-state index is 11.9. The molecule has 0 saturated carbocycles. The van der Waals surface area contributed by atoms with Crippen molar-refractivity contribution >= 4 is 21.6 Å². The van der Waals surface area contributed by atoms with Gasteiger partial charge in [-0.25, -0.2) is 18.2 Å². The number of hydrogen-bond donors (Lipinski definition) is 2. The average molecular weight is 347 g/mol. The Bertz CT molecular complexity index is 825. The van der Waals surface area contributed by atoms with E-state index in [9.17, 15) is 13.2 Å². The molecular formula is C16H17N3O4S. The van der Waals surface area contributed by atoms with Crippen LogP contribution in [0.3, 0.4) is 0 Å². The fourth-order valence-electron chi connectivity index (χ4n) is 2.42. The van der Waals surface area contributed by atoms with Gasteiger partial charge in [0.1, 0.15) is 11.9 Å². The van der Waals surface area contributed by atoms with Crippen molar-refractivity contribution in [3.05, 3.63) is 48.2 Å². The lowest BCUT2D eigenvalue weighted by Gasteiger charge is -2.12. The zero-order chi connectivity index (χ0) is 17.2. The molecule has 2 heterocycles. The smallest absolute Gasteiger partial charge is 0.319 e. The predicted molar refractivity (Wildman–Crippen MR) is 88.9 cm³/mol. The fourth-order valence-corrected chi connectivity index (χ4v) is 2.98. The minimum Gasteiger partial charge on any atom is -0.488 e. The van der Waals surface area contributed by atoms with E-state index >= 15 is 0 Å². The van der Waals surface area contributed by atoms with Gasteiger partial charge in [0.05, 0.1) is 18.4 Å². The van der Waals surface area contributed by atoms with Crippen molar-refractivity contribution < 1.29 is 17.9 Å². The van der Waals surface area contributed by atoms with Crippen LogP contribution in [0.1, 0.15) is 5.56 Å². The lowest BCUT2D eigenvalue weighted by atomic mass is 10.1. The normalized spacial score (nSPS) is 16.1. The van der Waals surface area contributed by atoms with Gasteiger partial charge >= 0.3 is 6.03 Å². The number of rotatable bonds is 4. The summed E-state index contributed by atoms with van der Waals surface area (Å²) in [6, 6.07) is 10.2. The van der Waals surface area contributed by atoms with Gasteiger partial charge in [0.2, 0.25) is 0 Å². The minimum atomic E-state index is -3.35. The Labute approximate surface area is 140 Å². The standard InChI is InChI=1S/C16H17N3O4S/c1-24(21,22)15-7-6-12(9-17-15)19-16(20)18-10-13-8-11-4-2-3-5-14(11)23-13/h2-7,9,13H,8,10H2,1H3,(H2,18,19,20)/t13-/m1/s1. The molecule has 1 aliphatic heterocycles. The van der Waals surface area contributed by atoms with Crippen molar-refractivity contribution in [3.63, 3.8) is 0 Å². The Hall–Kier alpha value is -2.61. The first-order valence-corrected chi connectivity index (χ1v) is 9.26. The molecule has 126 valence electrons. The number of carbonyl (C=O) groups is 1. The Kier molecular flexibility index (Phi) is 4.39. The van der Waals surface area contributed by atoms with E-state index in [1.807, 2.05) is 24.3 Å². The molecule has 0 unspecified atom stereocenters. The quantitative estimate of drug-likeness (QED) is 0.876. The first-order chi connectivity index (χ1) is 11.4. The van der Waals surface area contributed by atoms with Crippen molar-refractivity contribution in [2.45, 2.75) is 17.6 Å². The Morgan fingerprint density at radius 3 is 2.75 bits per heavy atom. The third-order valence-corrected chi connectivity index (χ3v) is 4.58. The average Bonchev–Trinajstić information content (AvgIpc) is 2.95. The van der Waals surface area contributed by atoms with Gasteiger partial charge in [-0.05, 0) is 23.8 Å². The molecule has 0 aliphatic carbocycles. The molecule has 1 aromatic heterocycles. The highest BCUT2D eigenvalue weighted by Gasteiger charge is 2.22. The lowest BCUT2D eigenvalue weighted by molar-refractivity contribution is 0.219. The molecule has 0 spiro atoms. The van der Waals surface area contributed by atoms with Crippen molar-refractivity contribution in [3.8, 4) is 5.75 Å². The first-order valence-electron chi connectivity index (χ1n) is 7.37. The number of nitrogens with zero attached hydrogens (tertiary/aromatic N) is 1. The van der Waals surface area contributed by atoms with E-state index in [4.69, 9.17) is 4.74 Å². The summed E-state index contributed by atoms with van der Waals surface area (Å²) in [7, 11) is -3.35. The second kappa shape index (κ2) is 6.48. The van der Waals surface area contributed by atoms with Crippen LogP contribution in [0.4, 0.5) is 10.5 Å². The van der Waals surface area contributed by atoms with Gasteiger partial charge in [-0.2, -0.15) is 0 Å². The highest BCUT2D eigenvalue weighted by atomic mass is 32.2. The summed E-state index contributed by atoms with van der Waals surface area (Å²) >= 11 is 0. The SMILES string of the molecule is CS(=O)(=O)c1ccc(NC(=O)NC[C@H]2Cc3ccccc3O2)cn1. The molecule has 1 aromatic carbocycles. The number of para-hydroxylation sites is 1. The number of anilines is 1. The van der Waals surface area contributed by atoms with Crippen LogP contribution in [-0.2, 0) is 16.3 Å². The number of ether oxygens (including phenoxy) is 1. The zero-order valence-electron chi connectivity index (χ0n) is 13.0. The van der Waals surface area contributed by atoms with E-state index in [0.717, 1.165) is 24.0 Å². The second-order valence-electron chi connectivity index (χ2n) is 5.54. The maximum absolute atomic E-state index is 11.9. The molecule has 2 amide bonds. The molecular weight excluding hydrogens is 330 g/mol. The number of pyridine rings is 1. The van der Waals surface area contributed by atoms with Crippen LogP contribution in [-0.4, -0.2) is 38.3 Å².